The molecule has 0 aliphatic heterocycles. The molecule has 0 saturated carbocycles. The first-order valence-electron chi connectivity index (χ1n) is 9.97. The highest BCUT2D eigenvalue weighted by atomic mass is 32.2. The van der Waals surface area contributed by atoms with E-state index in [1.807, 2.05) is 12.1 Å². The molecule has 164 valence electrons. The molecule has 32 heavy (non-hydrogen) atoms. The lowest BCUT2D eigenvalue weighted by molar-refractivity contribution is -0.115. The maximum atomic E-state index is 12.7. The molecule has 0 radical (unpaired) electrons. The van der Waals surface area contributed by atoms with Gasteiger partial charge < -0.3 is 23.9 Å². The van der Waals surface area contributed by atoms with Gasteiger partial charge in [-0.1, -0.05) is 11.8 Å². The Kier molecular flexibility index (Phi) is 6.46. The Balaban J connectivity index is 1.45. The molecule has 3 heterocycles. The number of hydrogen-bond donors (Lipinski definition) is 2. The first-order valence-corrected chi connectivity index (χ1v) is 10.9. The summed E-state index contributed by atoms with van der Waals surface area (Å²) in [4.78, 5) is 32.3. The molecule has 0 saturated heterocycles. The van der Waals surface area contributed by atoms with Crippen molar-refractivity contribution < 1.29 is 23.2 Å². The van der Waals surface area contributed by atoms with Gasteiger partial charge in [0, 0.05) is 5.69 Å². The van der Waals surface area contributed by atoms with Crippen LogP contribution >= 0.6 is 11.8 Å². The first kappa shape index (κ1) is 21.5. The number of amides is 1. The highest BCUT2D eigenvalue weighted by Gasteiger charge is 2.22. The third-order valence-corrected chi connectivity index (χ3v) is 5.51. The van der Waals surface area contributed by atoms with Gasteiger partial charge in [0.15, 0.2) is 16.7 Å². The molecule has 1 unspecified atom stereocenters. The average molecular weight is 452 g/mol. The summed E-state index contributed by atoms with van der Waals surface area (Å²) in [5, 5.41) is 2.96. The molecule has 0 fully saturated rings. The standard InChI is InChI=1S/C23H21N3O5S/c1-3-29-22(28)15-8-10-16(11-9-15)24-21(27)14(2)32-23-25-19(17-6-4-12-30-17)20(26-23)18-7-5-13-31-18/h4-14H,3H2,1-2H3,(H,24,27)(H,25,26). The van der Waals surface area contributed by atoms with Crippen molar-refractivity contribution in [1.82, 2.24) is 9.97 Å². The van der Waals surface area contributed by atoms with Gasteiger partial charge in [0.2, 0.25) is 5.91 Å². The summed E-state index contributed by atoms with van der Waals surface area (Å²) < 4.78 is 16.0. The molecule has 8 nitrogen and oxygen atoms in total. The minimum Gasteiger partial charge on any atom is -0.463 e. The lowest BCUT2D eigenvalue weighted by Gasteiger charge is -2.11. The van der Waals surface area contributed by atoms with Crippen LogP contribution in [0.4, 0.5) is 5.69 Å². The van der Waals surface area contributed by atoms with Crippen LogP contribution in [0.1, 0.15) is 24.2 Å². The minimum absolute atomic E-state index is 0.200. The Morgan fingerprint density at radius 2 is 1.78 bits per heavy atom. The molecule has 9 heteroatoms. The molecule has 4 rings (SSSR count). The van der Waals surface area contributed by atoms with E-state index < -0.39 is 11.2 Å². The number of thioether (sulfide) groups is 1. The Labute approximate surface area is 188 Å². The van der Waals surface area contributed by atoms with Gasteiger partial charge in [0.25, 0.3) is 0 Å². The van der Waals surface area contributed by atoms with E-state index in [-0.39, 0.29) is 5.91 Å². The number of rotatable bonds is 8. The molecule has 4 aromatic rings. The molecule has 0 aliphatic carbocycles. The number of nitrogens with one attached hydrogen (secondary N) is 2. The molecule has 1 aromatic carbocycles. The van der Waals surface area contributed by atoms with Gasteiger partial charge >= 0.3 is 5.97 Å². The van der Waals surface area contributed by atoms with Crippen molar-refractivity contribution in [3.8, 4) is 22.9 Å². The molecule has 2 N–H and O–H groups in total. The van der Waals surface area contributed by atoms with Crippen molar-refractivity contribution in [3.05, 3.63) is 66.6 Å². The lowest BCUT2D eigenvalue weighted by Crippen LogP contribution is -2.22. The van der Waals surface area contributed by atoms with E-state index >= 15 is 0 Å². The van der Waals surface area contributed by atoms with Crippen LogP contribution in [-0.2, 0) is 9.53 Å². The highest BCUT2D eigenvalue weighted by molar-refractivity contribution is 8.00. The van der Waals surface area contributed by atoms with Gasteiger partial charge in [0.1, 0.15) is 11.4 Å². The lowest BCUT2D eigenvalue weighted by atomic mass is 10.2. The van der Waals surface area contributed by atoms with Gasteiger partial charge in [-0.2, -0.15) is 0 Å². The quantitative estimate of drug-likeness (QED) is 0.279. The van der Waals surface area contributed by atoms with E-state index in [1.54, 1.807) is 62.8 Å². The van der Waals surface area contributed by atoms with E-state index in [9.17, 15) is 9.59 Å². The summed E-state index contributed by atoms with van der Waals surface area (Å²) in [7, 11) is 0. The van der Waals surface area contributed by atoms with E-state index in [0.29, 0.717) is 45.9 Å². The fraction of sp³-hybridized carbons (Fsp3) is 0.174. The van der Waals surface area contributed by atoms with Crippen LogP contribution in [0.2, 0.25) is 0 Å². The SMILES string of the molecule is CCOC(=O)c1ccc(NC(=O)C(C)Sc2nc(-c3ccco3)c(-c3ccco3)[nH]2)cc1. The van der Waals surface area contributed by atoms with Crippen LogP contribution in [-0.4, -0.2) is 33.7 Å². The zero-order valence-corrected chi connectivity index (χ0v) is 18.3. The minimum atomic E-state index is -0.445. The number of aromatic amines is 1. The van der Waals surface area contributed by atoms with Crippen LogP contribution in [0.3, 0.4) is 0 Å². The molecule has 3 aromatic heterocycles. The van der Waals surface area contributed by atoms with Crippen molar-refractivity contribution in [2.45, 2.75) is 24.3 Å². The van der Waals surface area contributed by atoms with Gasteiger partial charge in [0.05, 0.1) is 29.9 Å². The van der Waals surface area contributed by atoms with Crippen LogP contribution in [0.25, 0.3) is 22.9 Å². The molecular formula is C23H21N3O5S. The van der Waals surface area contributed by atoms with Crippen molar-refractivity contribution in [1.29, 1.82) is 0 Å². The van der Waals surface area contributed by atoms with Crippen molar-refractivity contribution in [2.75, 3.05) is 11.9 Å². The largest absolute Gasteiger partial charge is 0.463 e. The molecular weight excluding hydrogens is 430 g/mol. The number of aromatic nitrogens is 2. The Morgan fingerprint density at radius 1 is 1.09 bits per heavy atom. The maximum absolute atomic E-state index is 12.7. The number of benzene rings is 1. The number of esters is 1. The van der Waals surface area contributed by atoms with Gasteiger partial charge in [-0.3, -0.25) is 4.79 Å². The van der Waals surface area contributed by atoms with Crippen LogP contribution in [0, 0.1) is 0 Å². The number of anilines is 1. The monoisotopic (exact) mass is 451 g/mol. The summed E-state index contributed by atoms with van der Waals surface area (Å²) in [6, 6.07) is 13.8. The summed E-state index contributed by atoms with van der Waals surface area (Å²) >= 11 is 1.28. The van der Waals surface area contributed by atoms with E-state index in [1.165, 1.54) is 11.8 Å². The predicted molar refractivity (Wildman–Crippen MR) is 120 cm³/mol. The number of imidazole rings is 1. The number of ether oxygens (including phenoxy) is 1. The molecule has 0 bridgehead atoms. The van der Waals surface area contributed by atoms with Crippen molar-refractivity contribution >= 4 is 29.3 Å². The summed E-state index contributed by atoms with van der Waals surface area (Å²) in [6.07, 6.45) is 3.16. The fourth-order valence-corrected chi connectivity index (χ4v) is 3.77. The zero-order valence-electron chi connectivity index (χ0n) is 17.5. The molecule has 0 spiro atoms. The number of furan rings is 2. The topological polar surface area (TPSA) is 110 Å². The number of H-pyrrole nitrogens is 1. The normalized spacial score (nSPS) is 11.8. The third-order valence-electron chi connectivity index (χ3n) is 4.53. The fourth-order valence-electron chi connectivity index (χ4n) is 2.97. The zero-order chi connectivity index (χ0) is 22.5. The number of carbonyl (C=O) groups excluding carboxylic acids is 2. The molecule has 0 aliphatic rings. The Morgan fingerprint density at radius 3 is 2.41 bits per heavy atom. The van der Waals surface area contributed by atoms with E-state index in [0.717, 1.165) is 0 Å². The summed E-state index contributed by atoms with van der Waals surface area (Å²) in [5.41, 5.74) is 2.30. The van der Waals surface area contributed by atoms with Gasteiger partial charge in [-0.05, 0) is 62.4 Å². The smallest absolute Gasteiger partial charge is 0.338 e. The number of carbonyl (C=O) groups is 2. The second-order valence-corrected chi connectivity index (χ2v) is 8.10. The maximum Gasteiger partial charge on any atom is 0.338 e. The van der Waals surface area contributed by atoms with Crippen molar-refractivity contribution in [3.63, 3.8) is 0 Å². The average Bonchev–Trinajstić information content (AvgIpc) is 3.55. The van der Waals surface area contributed by atoms with Crippen LogP contribution < -0.4 is 5.32 Å². The van der Waals surface area contributed by atoms with Crippen LogP contribution in [0.5, 0.6) is 0 Å². The number of hydrogen-bond acceptors (Lipinski definition) is 7. The molecule has 1 atom stereocenters. The van der Waals surface area contributed by atoms with E-state index in [2.05, 4.69) is 15.3 Å². The Bertz CT molecular complexity index is 1130. The Hall–Kier alpha value is -3.72. The highest BCUT2D eigenvalue weighted by Crippen LogP contribution is 2.34. The number of nitrogens with zero attached hydrogens (tertiary/aromatic N) is 1. The second-order valence-electron chi connectivity index (χ2n) is 6.77. The summed E-state index contributed by atoms with van der Waals surface area (Å²) in [5.74, 6) is 0.620. The van der Waals surface area contributed by atoms with Crippen LogP contribution in [0.15, 0.2) is 75.0 Å². The second kappa shape index (κ2) is 9.61. The molecule has 1 amide bonds. The van der Waals surface area contributed by atoms with Gasteiger partial charge in [-0.15, -0.1) is 0 Å². The first-order chi connectivity index (χ1) is 15.5. The summed E-state index contributed by atoms with van der Waals surface area (Å²) in [6.45, 7) is 3.84. The third kappa shape index (κ3) is 4.78. The van der Waals surface area contributed by atoms with E-state index in [4.69, 9.17) is 13.6 Å². The predicted octanol–water partition coefficient (Wildman–Crippen LogP) is 5.23. The van der Waals surface area contributed by atoms with Gasteiger partial charge in [-0.25, -0.2) is 9.78 Å². The van der Waals surface area contributed by atoms with Crippen molar-refractivity contribution in [2.24, 2.45) is 0 Å².